The van der Waals surface area contributed by atoms with Crippen molar-refractivity contribution in [2.45, 2.75) is 26.3 Å². The van der Waals surface area contributed by atoms with Gasteiger partial charge in [0.1, 0.15) is 0 Å². The normalized spacial score (nSPS) is 10.6. The zero-order chi connectivity index (χ0) is 11.1. The number of hydrogen-bond donors (Lipinski definition) is 2. The van der Waals surface area contributed by atoms with Crippen LogP contribution in [0.15, 0.2) is 17.5 Å². The summed E-state index contributed by atoms with van der Waals surface area (Å²) in [5.41, 5.74) is 0. The Labute approximate surface area is 94.9 Å². The lowest BCUT2D eigenvalue weighted by Gasteiger charge is -2.08. The third-order valence-corrected chi connectivity index (χ3v) is 2.79. The number of amides is 1. The summed E-state index contributed by atoms with van der Waals surface area (Å²) in [5, 5.41) is 8.12. The molecular weight excluding hydrogens is 208 g/mol. The van der Waals surface area contributed by atoms with Crippen LogP contribution in [0.3, 0.4) is 0 Å². The molecule has 4 heteroatoms. The van der Waals surface area contributed by atoms with E-state index in [0.29, 0.717) is 19.0 Å². The van der Waals surface area contributed by atoms with Crippen LogP contribution >= 0.6 is 11.3 Å². The maximum Gasteiger partial charge on any atom is 0.225 e. The van der Waals surface area contributed by atoms with Crippen LogP contribution in [-0.4, -0.2) is 25.0 Å². The molecule has 1 rings (SSSR count). The minimum atomic E-state index is 0.100. The van der Waals surface area contributed by atoms with Gasteiger partial charge in [0.25, 0.3) is 0 Å². The highest BCUT2D eigenvalue weighted by Crippen LogP contribution is 2.08. The van der Waals surface area contributed by atoms with Crippen LogP contribution in [0, 0.1) is 0 Å². The van der Waals surface area contributed by atoms with Crippen molar-refractivity contribution >= 4 is 17.2 Å². The molecule has 1 heterocycles. The van der Waals surface area contributed by atoms with Gasteiger partial charge in [-0.1, -0.05) is 19.9 Å². The van der Waals surface area contributed by atoms with E-state index >= 15 is 0 Å². The Bertz CT molecular complexity index is 283. The molecule has 0 aliphatic carbocycles. The van der Waals surface area contributed by atoms with Gasteiger partial charge in [0.2, 0.25) is 5.91 Å². The third-order valence-electron chi connectivity index (χ3n) is 1.91. The molecule has 0 radical (unpaired) electrons. The molecule has 3 nitrogen and oxygen atoms in total. The van der Waals surface area contributed by atoms with Crippen LogP contribution in [0.25, 0.3) is 0 Å². The number of hydrogen-bond acceptors (Lipinski definition) is 3. The molecular formula is C11H18N2OS. The Morgan fingerprint density at radius 2 is 2.27 bits per heavy atom. The first-order valence-electron chi connectivity index (χ1n) is 5.21. The van der Waals surface area contributed by atoms with Crippen molar-refractivity contribution in [2.75, 3.05) is 13.1 Å². The van der Waals surface area contributed by atoms with Crippen molar-refractivity contribution in [3.63, 3.8) is 0 Å². The Morgan fingerprint density at radius 3 is 2.87 bits per heavy atom. The van der Waals surface area contributed by atoms with Crippen LogP contribution < -0.4 is 10.6 Å². The molecule has 0 aliphatic heterocycles. The van der Waals surface area contributed by atoms with E-state index in [1.54, 1.807) is 11.3 Å². The minimum absolute atomic E-state index is 0.100. The van der Waals surface area contributed by atoms with Crippen LogP contribution in [0.1, 0.15) is 18.7 Å². The van der Waals surface area contributed by atoms with E-state index in [0.717, 1.165) is 11.4 Å². The largest absolute Gasteiger partial charge is 0.355 e. The molecule has 0 saturated carbocycles. The van der Waals surface area contributed by atoms with E-state index in [4.69, 9.17) is 0 Å². The summed E-state index contributed by atoms with van der Waals surface area (Å²) in [5.74, 6) is 0.100. The molecule has 0 saturated heterocycles. The molecule has 0 aromatic carbocycles. The lowest BCUT2D eigenvalue weighted by molar-refractivity contribution is -0.120. The SMILES string of the molecule is CC(C)NCCNC(=O)Cc1cccs1. The van der Waals surface area contributed by atoms with Gasteiger partial charge in [-0.05, 0) is 11.4 Å². The minimum Gasteiger partial charge on any atom is -0.355 e. The molecule has 0 atom stereocenters. The van der Waals surface area contributed by atoms with Crippen molar-refractivity contribution in [1.82, 2.24) is 10.6 Å². The van der Waals surface area contributed by atoms with E-state index in [9.17, 15) is 4.79 Å². The Morgan fingerprint density at radius 1 is 1.47 bits per heavy atom. The predicted octanol–water partition coefficient (Wildman–Crippen LogP) is 1.40. The molecule has 84 valence electrons. The molecule has 1 aromatic rings. The molecule has 0 fully saturated rings. The van der Waals surface area contributed by atoms with E-state index in [1.165, 1.54) is 0 Å². The van der Waals surface area contributed by atoms with E-state index in [2.05, 4.69) is 24.5 Å². The molecule has 0 spiro atoms. The smallest absolute Gasteiger partial charge is 0.225 e. The Kier molecular flexibility index (Phi) is 5.36. The molecule has 0 aliphatic rings. The first kappa shape index (κ1) is 12.2. The zero-order valence-electron chi connectivity index (χ0n) is 9.25. The van der Waals surface area contributed by atoms with Gasteiger partial charge in [-0.25, -0.2) is 0 Å². The second kappa shape index (κ2) is 6.58. The maximum atomic E-state index is 11.4. The molecule has 15 heavy (non-hydrogen) atoms. The van der Waals surface area contributed by atoms with Crippen LogP contribution in [0.2, 0.25) is 0 Å². The second-order valence-corrected chi connectivity index (χ2v) is 4.75. The lowest BCUT2D eigenvalue weighted by Crippen LogP contribution is -2.35. The highest BCUT2D eigenvalue weighted by atomic mass is 32.1. The average molecular weight is 226 g/mol. The maximum absolute atomic E-state index is 11.4. The fraction of sp³-hybridized carbons (Fsp3) is 0.545. The average Bonchev–Trinajstić information content (AvgIpc) is 2.64. The summed E-state index contributed by atoms with van der Waals surface area (Å²) in [6.45, 7) is 5.71. The summed E-state index contributed by atoms with van der Waals surface area (Å²) in [4.78, 5) is 12.5. The second-order valence-electron chi connectivity index (χ2n) is 3.71. The van der Waals surface area contributed by atoms with E-state index in [-0.39, 0.29) is 5.91 Å². The third kappa shape index (κ3) is 5.54. The van der Waals surface area contributed by atoms with E-state index in [1.807, 2.05) is 17.5 Å². The lowest BCUT2D eigenvalue weighted by atomic mass is 10.3. The Hall–Kier alpha value is -0.870. The number of nitrogens with one attached hydrogen (secondary N) is 2. The molecule has 0 unspecified atom stereocenters. The zero-order valence-corrected chi connectivity index (χ0v) is 10.1. The topological polar surface area (TPSA) is 41.1 Å². The number of carbonyl (C=O) groups is 1. The van der Waals surface area contributed by atoms with Crippen LogP contribution in [0.4, 0.5) is 0 Å². The highest BCUT2D eigenvalue weighted by molar-refractivity contribution is 7.10. The highest BCUT2D eigenvalue weighted by Gasteiger charge is 2.02. The Balaban J connectivity index is 2.09. The number of rotatable bonds is 6. The van der Waals surface area contributed by atoms with Crippen molar-refractivity contribution in [3.05, 3.63) is 22.4 Å². The van der Waals surface area contributed by atoms with Gasteiger partial charge in [-0.15, -0.1) is 11.3 Å². The molecule has 1 amide bonds. The van der Waals surface area contributed by atoms with Crippen molar-refractivity contribution in [1.29, 1.82) is 0 Å². The fourth-order valence-electron chi connectivity index (χ4n) is 1.20. The number of thiophene rings is 1. The van der Waals surface area contributed by atoms with Gasteiger partial charge in [0, 0.05) is 24.0 Å². The molecule has 1 aromatic heterocycles. The predicted molar refractivity (Wildman–Crippen MR) is 64.2 cm³/mol. The summed E-state index contributed by atoms with van der Waals surface area (Å²) in [6, 6.07) is 4.42. The summed E-state index contributed by atoms with van der Waals surface area (Å²) in [7, 11) is 0. The quantitative estimate of drug-likeness (QED) is 0.720. The standard InChI is InChI=1S/C11H18N2OS/c1-9(2)12-5-6-13-11(14)8-10-4-3-7-15-10/h3-4,7,9,12H,5-6,8H2,1-2H3,(H,13,14). The summed E-state index contributed by atoms with van der Waals surface area (Å²) < 4.78 is 0. The van der Waals surface area contributed by atoms with Gasteiger partial charge in [0.15, 0.2) is 0 Å². The van der Waals surface area contributed by atoms with Crippen molar-refractivity contribution in [2.24, 2.45) is 0 Å². The van der Waals surface area contributed by atoms with Crippen LogP contribution in [0.5, 0.6) is 0 Å². The van der Waals surface area contributed by atoms with Crippen molar-refractivity contribution < 1.29 is 4.79 Å². The first-order valence-corrected chi connectivity index (χ1v) is 6.09. The van der Waals surface area contributed by atoms with Crippen molar-refractivity contribution in [3.8, 4) is 0 Å². The number of carbonyl (C=O) groups excluding carboxylic acids is 1. The van der Waals surface area contributed by atoms with Gasteiger partial charge >= 0.3 is 0 Å². The summed E-state index contributed by atoms with van der Waals surface area (Å²) in [6.07, 6.45) is 0.499. The van der Waals surface area contributed by atoms with Gasteiger partial charge in [-0.3, -0.25) is 4.79 Å². The fourth-order valence-corrected chi connectivity index (χ4v) is 1.90. The van der Waals surface area contributed by atoms with Crippen LogP contribution in [-0.2, 0) is 11.2 Å². The van der Waals surface area contributed by atoms with Gasteiger partial charge in [0.05, 0.1) is 6.42 Å². The molecule has 2 N–H and O–H groups in total. The van der Waals surface area contributed by atoms with E-state index < -0.39 is 0 Å². The summed E-state index contributed by atoms with van der Waals surface area (Å²) >= 11 is 1.62. The monoisotopic (exact) mass is 226 g/mol. The first-order chi connectivity index (χ1) is 7.18. The van der Waals surface area contributed by atoms with Gasteiger partial charge < -0.3 is 10.6 Å². The molecule has 0 bridgehead atoms. The van der Waals surface area contributed by atoms with Gasteiger partial charge in [-0.2, -0.15) is 0 Å².